The zero-order valence-corrected chi connectivity index (χ0v) is 23.4. The summed E-state index contributed by atoms with van der Waals surface area (Å²) >= 11 is 0. The highest BCUT2D eigenvalue weighted by Gasteiger charge is 2.53. The van der Waals surface area contributed by atoms with Crippen molar-refractivity contribution in [1.29, 1.82) is 0 Å². The van der Waals surface area contributed by atoms with Crippen LogP contribution < -0.4 is 10.6 Å². The van der Waals surface area contributed by atoms with Gasteiger partial charge in [0.2, 0.25) is 11.8 Å². The summed E-state index contributed by atoms with van der Waals surface area (Å²) in [5.74, 6) is -1.92. The van der Waals surface area contributed by atoms with Gasteiger partial charge in [-0.15, -0.1) is 0 Å². The molecule has 0 unspecified atom stereocenters. The van der Waals surface area contributed by atoms with Gasteiger partial charge in [-0.3, -0.25) is 14.4 Å². The Hall–Kier alpha value is -2.07. The highest BCUT2D eigenvalue weighted by Crippen LogP contribution is 2.32. The molecule has 0 spiro atoms. The lowest BCUT2D eigenvalue weighted by Gasteiger charge is -2.48. The van der Waals surface area contributed by atoms with E-state index in [9.17, 15) is 50.1 Å². The molecule has 42 heavy (non-hydrogen) atoms. The normalized spacial score (nSPS) is 44.2. The van der Waals surface area contributed by atoms with Crippen LogP contribution in [0.15, 0.2) is 0 Å². The van der Waals surface area contributed by atoms with E-state index in [0.717, 1.165) is 20.8 Å². The predicted octanol–water partition coefficient (Wildman–Crippen LogP) is -5.69. The fraction of sp³-hybridized carbons (Fsp3) is 0.875. The van der Waals surface area contributed by atoms with E-state index < -0.39 is 123 Å². The molecule has 0 aromatic rings. The smallest absolute Gasteiger partial charge is 0.302 e. The quantitative estimate of drug-likeness (QED) is 0.110. The summed E-state index contributed by atoms with van der Waals surface area (Å²) < 4.78 is 32.9. The largest absolute Gasteiger partial charge is 0.463 e. The monoisotopic (exact) mass is 612 g/mol. The van der Waals surface area contributed by atoms with Gasteiger partial charge in [-0.2, -0.15) is 0 Å². The Labute approximate surface area is 240 Å². The minimum atomic E-state index is -1.87. The topological polar surface area (TPSA) is 272 Å². The Morgan fingerprint density at radius 2 is 1.29 bits per heavy atom. The number of hydrogen-bond donors (Lipinski definition) is 9. The first kappa shape index (κ1) is 34.4. The van der Waals surface area contributed by atoms with E-state index >= 15 is 0 Å². The maximum Gasteiger partial charge on any atom is 0.302 e. The highest BCUT2D eigenvalue weighted by atomic mass is 16.7. The Balaban J connectivity index is 1.77. The molecule has 3 aliphatic heterocycles. The van der Waals surface area contributed by atoms with Crippen molar-refractivity contribution in [3.8, 4) is 0 Å². The van der Waals surface area contributed by atoms with E-state index in [1.54, 1.807) is 0 Å². The number of esters is 1. The van der Waals surface area contributed by atoms with Crippen molar-refractivity contribution >= 4 is 17.8 Å². The summed E-state index contributed by atoms with van der Waals surface area (Å²) in [6, 6.07) is -2.71. The summed E-state index contributed by atoms with van der Waals surface area (Å²) in [4.78, 5) is 34.7. The second kappa shape index (κ2) is 14.6. The summed E-state index contributed by atoms with van der Waals surface area (Å²) in [6.07, 6.45) is -20.0. The van der Waals surface area contributed by atoms with Crippen LogP contribution in [0.2, 0.25) is 0 Å². The lowest BCUT2D eigenvalue weighted by Crippen LogP contribution is -2.69. The molecule has 0 aromatic heterocycles. The fourth-order valence-electron chi connectivity index (χ4n) is 5.02. The Morgan fingerprint density at radius 1 is 0.690 bits per heavy atom. The molecule has 3 saturated heterocycles. The van der Waals surface area contributed by atoms with Gasteiger partial charge in [-0.05, 0) is 6.92 Å². The first-order chi connectivity index (χ1) is 19.7. The number of ether oxygens (including phenoxy) is 6. The van der Waals surface area contributed by atoms with E-state index in [2.05, 4.69) is 10.6 Å². The molecule has 0 saturated carbocycles. The third-order valence-corrected chi connectivity index (χ3v) is 7.12. The average Bonchev–Trinajstić information content (AvgIpc) is 2.91. The van der Waals surface area contributed by atoms with Crippen LogP contribution in [0.1, 0.15) is 27.7 Å². The number of amides is 2. The van der Waals surface area contributed by atoms with Crippen molar-refractivity contribution in [3.05, 3.63) is 0 Å². The molecule has 3 heterocycles. The zero-order valence-electron chi connectivity index (χ0n) is 23.4. The fourth-order valence-corrected chi connectivity index (χ4v) is 5.02. The van der Waals surface area contributed by atoms with Gasteiger partial charge in [-0.25, -0.2) is 0 Å². The number of aliphatic hydroxyl groups is 7. The molecule has 9 N–H and O–H groups in total. The highest BCUT2D eigenvalue weighted by molar-refractivity contribution is 5.73. The van der Waals surface area contributed by atoms with Gasteiger partial charge in [0.15, 0.2) is 18.9 Å². The number of carbonyl (C=O) groups is 3. The van der Waals surface area contributed by atoms with Gasteiger partial charge in [0.05, 0.1) is 12.7 Å². The predicted molar refractivity (Wildman–Crippen MR) is 133 cm³/mol. The Bertz CT molecular complexity index is 942. The molecular weight excluding hydrogens is 572 g/mol. The summed E-state index contributed by atoms with van der Waals surface area (Å²) in [7, 11) is 0. The lowest BCUT2D eigenvalue weighted by molar-refractivity contribution is -0.360. The van der Waals surface area contributed by atoms with Crippen molar-refractivity contribution < 1.29 is 78.6 Å². The number of rotatable bonds is 9. The van der Waals surface area contributed by atoms with Gasteiger partial charge < -0.3 is 74.8 Å². The minimum Gasteiger partial charge on any atom is -0.463 e. The van der Waals surface area contributed by atoms with Gasteiger partial charge in [0.1, 0.15) is 73.6 Å². The van der Waals surface area contributed by atoms with Crippen LogP contribution in [0.25, 0.3) is 0 Å². The van der Waals surface area contributed by atoms with E-state index in [-0.39, 0.29) is 0 Å². The molecule has 0 aromatic carbocycles. The molecule has 3 fully saturated rings. The molecule has 242 valence electrons. The van der Waals surface area contributed by atoms with E-state index in [1.807, 2.05) is 0 Å². The van der Waals surface area contributed by atoms with Crippen molar-refractivity contribution in [2.24, 2.45) is 0 Å². The SMILES string of the molecule is CC(=O)N[C@@H]1[C@@H](O[C@@H]2O[C@@H](C)[C@H](O[C@@H]3O[C@H](CO)[C@H](O)[C@H](O)[C@H]3NC(C)=O)[C@@H](O)[C@H]2O)[C@H](O)[C@@H](COC(C)=O)O[C@H]1O. The first-order valence-corrected chi connectivity index (χ1v) is 13.3. The zero-order chi connectivity index (χ0) is 31.5. The van der Waals surface area contributed by atoms with Crippen LogP contribution in [0.3, 0.4) is 0 Å². The number of nitrogens with one attached hydrogen (secondary N) is 2. The van der Waals surface area contributed by atoms with Gasteiger partial charge >= 0.3 is 5.97 Å². The first-order valence-electron chi connectivity index (χ1n) is 13.3. The lowest BCUT2D eigenvalue weighted by atomic mass is 9.94. The van der Waals surface area contributed by atoms with Crippen molar-refractivity contribution in [3.63, 3.8) is 0 Å². The van der Waals surface area contributed by atoms with Crippen molar-refractivity contribution in [2.45, 2.75) is 120 Å². The van der Waals surface area contributed by atoms with Crippen LogP contribution in [-0.2, 0) is 42.8 Å². The maximum absolute atomic E-state index is 11.8. The van der Waals surface area contributed by atoms with Gasteiger partial charge in [0, 0.05) is 20.8 Å². The maximum atomic E-state index is 11.8. The van der Waals surface area contributed by atoms with Crippen LogP contribution in [0, 0.1) is 0 Å². The van der Waals surface area contributed by atoms with Crippen LogP contribution in [0.5, 0.6) is 0 Å². The molecule has 0 bridgehead atoms. The molecular formula is C24H40N2O16. The van der Waals surface area contributed by atoms with E-state index in [0.29, 0.717) is 0 Å². The molecule has 2 amide bonds. The number of hydrogen-bond acceptors (Lipinski definition) is 16. The van der Waals surface area contributed by atoms with Gasteiger partial charge in [-0.1, -0.05) is 0 Å². The van der Waals surface area contributed by atoms with Crippen molar-refractivity contribution in [1.82, 2.24) is 10.6 Å². The average molecular weight is 613 g/mol. The van der Waals surface area contributed by atoms with Gasteiger partial charge in [0.25, 0.3) is 0 Å². The summed E-state index contributed by atoms with van der Waals surface area (Å²) in [5.41, 5.74) is 0. The van der Waals surface area contributed by atoms with Crippen molar-refractivity contribution in [2.75, 3.05) is 13.2 Å². The van der Waals surface area contributed by atoms with E-state index in [4.69, 9.17) is 28.4 Å². The second-order valence-corrected chi connectivity index (χ2v) is 10.4. The summed E-state index contributed by atoms with van der Waals surface area (Å²) in [6.45, 7) is 3.64. The third kappa shape index (κ3) is 7.90. The minimum absolute atomic E-state index is 0.477. The number of aliphatic hydroxyl groups excluding tert-OH is 7. The van der Waals surface area contributed by atoms with Crippen LogP contribution in [-0.4, -0.2) is 159 Å². The van der Waals surface area contributed by atoms with Crippen LogP contribution in [0.4, 0.5) is 0 Å². The van der Waals surface area contributed by atoms with E-state index in [1.165, 1.54) is 6.92 Å². The van der Waals surface area contributed by atoms with Crippen LogP contribution >= 0.6 is 0 Å². The third-order valence-electron chi connectivity index (χ3n) is 7.12. The molecule has 0 radical (unpaired) electrons. The molecule has 3 rings (SSSR count). The molecule has 18 heteroatoms. The second-order valence-electron chi connectivity index (χ2n) is 10.4. The Morgan fingerprint density at radius 3 is 1.86 bits per heavy atom. The molecule has 18 nitrogen and oxygen atoms in total. The molecule has 0 aliphatic carbocycles. The molecule has 15 atom stereocenters. The standard InChI is InChI=1S/C24H40N2O16/c1-7-20(41-23-13(25-8(2)28)17(33)15(31)11(5-27)40-23)18(34)19(35)24(38-7)42-21-14(26-9(3)29)22(36)39-12(16(21)32)6-37-10(4)30/h7,11-24,27,31-36H,5-6H2,1-4H3,(H,25,28)(H,26,29)/t7-,11+,12+,13+,14+,15-,16+,17+,18-,19+,20-,21+,22+,23-,24-/m0/s1. The molecule has 3 aliphatic rings. The summed E-state index contributed by atoms with van der Waals surface area (Å²) in [5, 5.41) is 78.3. The number of carbonyl (C=O) groups excluding carboxylic acids is 3. The Kier molecular flexibility index (Phi) is 12.0.